The molecular weight excluding hydrogens is 404 g/mol. The van der Waals surface area contributed by atoms with E-state index in [0.29, 0.717) is 18.8 Å². The van der Waals surface area contributed by atoms with Crippen LogP contribution in [0.4, 0.5) is 5.82 Å². The molecule has 3 rings (SSSR count). The first kappa shape index (κ1) is 21.7. The molecule has 0 aliphatic carbocycles. The van der Waals surface area contributed by atoms with E-state index in [9.17, 15) is 14.7 Å². The van der Waals surface area contributed by atoms with E-state index in [1.807, 2.05) is 18.2 Å². The Morgan fingerprint density at radius 2 is 1.93 bits per heavy atom. The molecular formula is C21H24N4O4S. The second-order valence-electron chi connectivity index (χ2n) is 6.96. The average Bonchev–Trinajstić information content (AvgIpc) is 3.06. The van der Waals surface area contributed by atoms with Gasteiger partial charge in [-0.2, -0.15) is 0 Å². The lowest BCUT2D eigenvalue weighted by molar-refractivity contribution is -0.144. The lowest BCUT2D eigenvalue weighted by Gasteiger charge is -2.17. The van der Waals surface area contributed by atoms with Crippen molar-refractivity contribution < 1.29 is 19.8 Å². The van der Waals surface area contributed by atoms with Crippen molar-refractivity contribution >= 4 is 39.2 Å². The van der Waals surface area contributed by atoms with Crippen molar-refractivity contribution in [2.75, 3.05) is 11.9 Å². The molecule has 4 N–H and O–H groups in total. The van der Waals surface area contributed by atoms with Gasteiger partial charge in [-0.25, -0.2) is 14.8 Å². The number of nitrogens with zero attached hydrogens (tertiary/aromatic N) is 2. The maximum Gasteiger partial charge on any atom is 0.328 e. The minimum atomic E-state index is -1.31. The molecule has 2 unspecified atom stereocenters. The summed E-state index contributed by atoms with van der Waals surface area (Å²) in [6.45, 7) is 3.87. The topological polar surface area (TPSA) is 124 Å². The van der Waals surface area contributed by atoms with Crippen LogP contribution in [0.2, 0.25) is 0 Å². The van der Waals surface area contributed by atoms with Gasteiger partial charge in [-0.05, 0) is 25.8 Å². The molecule has 0 saturated heterocycles. The number of aliphatic hydroxyl groups is 1. The van der Waals surface area contributed by atoms with E-state index in [0.717, 1.165) is 26.2 Å². The minimum absolute atomic E-state index is 0.131. The molecule has 2 heterocycles. The number of carboxylic acids is 1. The monoisotopic (exact) mass is 428 g/mol. The summed E-state index contributed by atoms with van der Waals surface area (Å²) in [5.41, 5.74) is 2.19. The van der Waals surface area contributed by atoms with Crippen LogP contribution in [0, 0.1) is 6.92 Å². The Morgan fingerprint density at radius 3 is 2.60 bits per heavy atom. The third kappa shape index (κ3) is 4.92. The van der Waals surface area contributed by atoms with Crippen molar-refractivity contribution in [3.63, 3.8) is 0 Å². The van der Waals surface area contributed by atoms with Crippen LogP contribution >= 0.6 is 11.3 Å². The van der Waals surface area contributed by atoms with Crippen LogP contribution in [0.5, 0.6) is 0 Å². The molecule has 0 spiro atoms. The normalized spacial score (nSPS) is 13.0. The van der Waals surface area contributed by atoms with Gasteiger partial charge in [-0.15, -0.1) is 11.3 Å². The molecule has 0 aliphatic rings. The van der Waals surface area contributed by atoms with Crippen LogP contribution < -0.4 is 10.6 Å². The second kappa shape index (κ2) is 9.64. The molecule has 0 radical (unpaired) electrons. The van der Waals surface area contributed by atoms with Crippen molar-refractivity contribution in [2.45, 2.75) is 38.8 Å². The Hall–Kier alpha value is -3.04. The van der Waals surface area contributed by atoms with Crippen molar-refractivity contribution in [2.24, 2.45) is 0 Å². The SMILES string of the molecule is Cc1sc2ncnc(NCCCC(=O)NC(C(=O)O)C(C)O)c2c1-c1ccccc1. The van der Waals surface area contributed by atoms with Crippen molar-refractivity contribution in [1.82, 2.24) is 15.3 Å². The predicted octanol–water partition coefficient (Wildman–Crippen LogP) is 2.81. The number of nitrogens with one attached hydrogen (secondary N) is 2. The fourth-order valence-electron chi connectivity index (χ4n) is 3.22. The highest BCUT2D eigenvalue weighted by Gasteiger charge is 2.24. The Kier molecular flexibility index (Phi) is 6.96. The Balaban J connectivity index is 1.67. The molecule has 1 amide bonds. The smallest absolute Gasteiger partial charge is 0.328 e. The van der Waals surface area contributed by atoms with Crippen LogP contribution in [0.25, 0.3) is 21.3 Å². The van der Waals surface area contributed by atoms with Gasteiger partial charge in [-0.3, -0.25) is 4.79 Å². The first-order valence-corrected chi connectivity index (χ1v) is 10.4. The Morgan fingerprint density at radius 1 is 1.20 bits per heavy atom. The molecule has 158 valence electrons. The summed E-state index contributed by atoms with van der Waals surface area (Å²) >= 11 is 1.61. The first-order chi connectivity index (χ1) is 14.4. The van der Waals surface area contributed by atoms with Gasteiger partial charge in [0.25, 0.3) is 0 Å². The zero-order valence-electron chi connectivity index (χ0n) is 16.8. The molecule has 3 aromatic rings. The van der Waals surface area contributed by atoms with Crippen LogP contribution in [-0.2, 0) is 9.59 Å². The molecule has 30 heavy (non-hydrogen) atoms. The number of aryl methyl sites for hydroxylation is 1. The van der Waals surface area contributed by atoms with Gasteiger partial charge in [0.05, 0.1) is 11.5 Å². The number of hydrogen-bond acceptors (Lipinski definition) is 7. The summed E-state index contributed by atoms with van der Waals surface area (Å²) in [5, 5.41) is 25.1. The zero-order chi connectivity index (χ0) is 21.7. The number of fused-ring (bicyclic) bond motifs is 1. The number of carbonyl (C=O) groups is 2. The molecule has 1 aromatic carbocycles. The number of amides is 1. The van der Waals surface area contributed by atoms with Gasteiger partial charge in [0.2, 0.25) is 5.91 Å². The van der Waals surface area contributed by atoms with Crippen LogP contribution in [-0.4, -0.2) is 50.7 Å². The standard InChI is InChI=1S/C21H24N4O4S/c1-12(26)18(21(28)29)25-15(27)9-6-10-22-19-17-16(14-7-4-3-5-8-14)13(2)30-20(17)24-11-23-19/h3-5,7-8,11-12,18,26H,6,9-10H2,1-2H3,(H,25,27)(H,28,29)(H,22,23,24). The number of aliphatic carboxylic acids is 1. The van der Waals surface area contributed by atoms with E-state index in [1.54, 1.807) is 11.3 Å². The highest BCUT2D eigenvalue weighted by atomic mass is 32.1. The predicted molar refractivity (Wildman–Crippen MR) is 117 cm³/mol. The van der Waals surface area contributed by atoms with Gasteiger partial charge in [0, 0.05) is 23.4 Å². The molecule has 8 nitrogen and oxygen atoms in total. The van der Waals surface area contributed by atoms with E-state index in [4.69, 9.17) is 5.11 Å². The molecule has 9 heteroatoms. The first-order valence-electron chi connectivity index (χ1n) is 9.62. The summed E-state index contributed by atoms with van der Waals surface area (Å²) in [6.07, 6.45) is 0.957. The van der Waals surface area contributed by atoms with Gasteiger partial charge in [0.1, 0.15) is 17.0 Å². The van der Waals surface area contributed by atoms with Crippen molar-refractivity contribution in [3.8, 4) is 11.1 Å². The number of carboxylic acid groups (broad SMARTS) is 1. The number of rotatable bonds is 9. The van der Waals surface area contributed by atoms with Crippen LogP contribution in [0.15, 0.2) is 36.7 Å². The highest BCUT2D eigenvalue weighted by Crippen LogP contribution is 2.40. The number of carbonyl (C=O) groups excluding carboxylic acids is 1. The van der Waals surface area contributed by atoms with E-state index >= 15 is 0 Å². The minimum Gasteiger partial charge on any atom is -0.480 e. The molecule has 2 aromatic heterocycles. The van der Waals surface area contributed by atoms with E-state index < -0.39 is 24.0 Å². The van der Waals surface area contributed by atoms with E-state index in [-0.39, 0.29) is 6.42 Å². The number of anilines is 1. The van der Waals surface area contributed by atoms with Crippen molar-refractivity contribution in [3.05, 3.63) is 41.5 Å². The van der Waals surface area contributed by atoms with Crippen molar-refractivity contribution in [1.29, 1.82) is 0 Å². The quantitative estimate of drug-likeness (QED) is 0.386. The van der Waals surface area contributed by atoms with E-state index in [2.05, 4.69) is 39.7 Å². The number of thiophene rings is 1. The number of aliphatic hydroxyl groups excluding tert-OH is 1. The second-order valence-corrected chi connectivity index (χ2v) is 8.16. The summed E-state index contributed by atoms with van der Waals surface area (Å²) < 4.78 is 0. The maximum atomic E-state index is 12.0. The molecule has 0 saturated carbocycles. The van der Waals surface area contributed by atoms with Crippen LogP contribution in [0.1, 0.15) is 24.6 Å². The summed E-state index contributed by atoms with van der Waals surface area (Å²) in [6, 6.07) is 8.75. The fourth-order valence-corrected chi connectivity index (χ4v) is 4.23. The van der Waals surface area contributed by atoms with Crippen LogP contribution in [0.3, 0.4) is 0 Å². The molecule has 2 atom stereocenters. The average molecular weight is 429 g/mol. The van der Waals surface area contributed by atoms with E-state index in [1.165, 1.54) is 13.3 Å². The third-order valence-corrected chi connectivity index (χ3v) is 5.68. The third-order valence-electron chi connectivity index (χ3n) is 4.66. The number of benzene rings is 1. The fraction of sp³-hybridized carbons (Fsp3) is 0.333. The number of hydrogen-bond donors (Lipinski definition) is 4. The lowest BCUT2D eigenvalue weighted by Crippen LogP contribution is -2.47. The van der Waals surface area contributed by atoms with Gasteiger partial charge in [-0.1, -0.05) is 30.3 Å². The lowest BCUT2D eigenvalue weighted by atomic mass is 10.0. The molecule has 0 bridgehead atoms. The zero-order valence-corrected chi connectivity index (χ0v) is 17.6. The largest absolute Gasteiger partial charge is 0.480 e. The highest BCUT2D eigenvalue weighted by molar-refractivity contribution is 7.19. The summed E-state index contributed by atoms with van der Waals surface area (Å²) in [7, 11) is 0. The summed E-state index contributed by atoms with van der Waals surface area (Å²) in [5.74, 6) is -0.980. The molecule has 0 aliphatic heterocycles. The maximum absolute atomic E-state index is 12.0. The van der Waals surface area contributed by atoms with Gasteiger partial charge < -0.3 is 20.8 Å². The summed E-state index contributed by atoms with van der Waals surface area (Å²) in [4.78, 5) is 33.9. The number of aromatic nitrogens is 2. The van der Waals surface area contributed by atoms with Gasteiger partial charge >= 0.3 is 5.97 Å². The van der Waals surface area contributed by atoms with Gasteiger partial charge in [0.15, 0.2) is 6.04 Å². The Labute approximate surface area is 178 Å². The Bertz CT molecular complexity index is 1040. The molecule has 0 fully saturated rings.